The zero-order valence-corrected chi connectivity index (χ0v) is 13.1. The third-order valence-electron chi connectivity index (χ3n) is 3.07. The van der Waals surface area contributed by atoms with Gasteiger partial charge in [-0.15, -0.1) is 0 Å². The van der Waals surface area contributed by atoms with Gasteiger partial charge in [0.2, 0.25) is 5.91 Å². The second-order valence-corrected chi connectivity index (χ2v) is 5.90. The van der Waals surface area contributed by atoms with Crippen LogP contribution in [0.15, 0.2) is 41.3 Å². The lowest BCUT2D eigenvalue weighted by Crippen LogP contribution is -2.45. The van der Waals surface area contributed by atoms with E-state index in [9.17, 15) is 4.79 Å². The number of halogens is 1. The summed E-state index contributed by atoms with van der Waals surface area (Å²) in [5, 5.41) is 7.10. The summed E-state index contributed by atoms with van der Waals surface area (Å²) in [6, 6.07) is 5.76. The Hall–Kier alpha value is -1.69. The van der Waals surface area contributed by atoms with Gasteiger partial charge in [0.25, 0.3) is 0 Å². The maximum absolute atomic E-state index is 12.3. The summed E-state index contributed by atoms with van der Waals surface area (Å²) in [4.78, 5) is 16.5. The number of nitrogens with zero attached hydrogens (tertiary/aromatic N) is 3. The molecule has 0 aromatic carbocycles. The van der Waals surface area contributed by atoms with Gasteiger partial charge in [-0.25, -0.2) is 0 Å². The Morgan fingerprint density at radius 3 is 2.85 bits per heavy atom. The van der Waals surface area contributed by atoms with Crippen LogP contribution >= 0.6 is 15.9 Å². The molecule has 2 heterocycles. The molecule has 1 N–H and O–H groups in total. The van der Waals surface area contributed by atoms with Crippen LogP contribution in [-0.4, -0.2) is 27.2 Å². The lowest BCUT2D eigenvalue weighted by Gasteiger charge is -2.24. The first kappa shape index (κ1) is 14.7. The van der Waals surface area contributed by atoms with Gasteiger partial charge in [0, 0.05) is 31.1 Å². The standard InChI is InChI=1S/C14H17BrN4O/c1-14(2,19-10-11(15)9-18-19)13(20)17-8-6-12-5-3-4-7-16-12/h3-5,7,9-10H,6,8H2,1-2H3,(H,17,20). The Morgan fingerprint density at radius 1 is 1.45 bits per heavy atom. The molecule has 6 heteroatoms. The molecule has 0 atom stereocenters. The summed E-state index contributed by atoms with van der Waals surface area (Å²) in [6.45, 7) is 4.23. The van der Waals surface area contributed by atoms with Crippen LogP contribution in [0.3, 0.4) is 0 Å². The lowest BCUT2D eigenvalue weighted by atomic mass is 10.1. The van der Waals surface area contributed by atoms with E-state index in [1.54, 1.807) is 23.3 Å². The number of rotatable bonds is 5. The van der Waals surface area contributed by atoms with Gasteiger partial charge in [0.05, 0.1) is 10.7 Å². The molecule has 0 bridgehead atoms. The van der Waals surface area contributed by atoms with Gasteiger partial charge in [-0.2, -0.15) is 5.10 Å². The largest absolute Gasteiger partial charge is 0.354 e. The van der Waals surface area contributed by atoms with E-state index < -0.39 is 5.54 Å². The average Bonchev–Trinajstić information content (AvgIpc) is 2.87. The third-order valence-corrected chi connectivity index (χ3v) is 3.48. The predicted molar refractivity (Wildman–Crippen MR) is 80.2 cm³/mol. The molecular weight excluding hydrogens is 320 g/mol. The molecule has 0 radical (unpaired) electrons. The molecule has 0 aliphatic heterocycles. The second-order valence-electron chi connectivity index (χ2n) is 4.99. The molecule has 0 saturated heterocycles. The van der Waals surface area contributed by atoms with Crippen molar-refractivity contribution < 1.29 is 4.79 Å². The number of carbonyl (C=O) groups excluding carboxylic acids is 1. The van der Waals surface area contributed by atoms with Crippen LogP contribution in [-0.2, 0) is 16.8 Å². The van der Waals surface area contributed by atoms with Crippen molar-refractivity contribution in [3.63, 3.8) is 0 Å². The van der Waals surface area contributed by atoms with Crippen molar-refractivity contribution >= 4 is 21.8 Å². The molecule has 2 aromatic heterocycles. The smallest absolute Gasteiger partial charge is 0.247 e. The molecular formula is C14H17BrN4O. The lowest BCUT2D eigenvalue weighted by molar-refractivity contribution is -0.128. The monoisotopic (exact) mass is 336 g/mol. The van der Waals surface area contributed by atoms with Crippen molar-refractivity contribution in [1.29, 1.82) is 0 Å². The predicted octanol–water partition coefficient (Wildman–Crippen LogP) is 2.13. The van der Waals surface area contributed by atoms with Crippen LogP contribution in [0.4, 0.5) is 0 Å². The second kappa shape index (κ2) is 6.17. The van der Waals surface area contributed by atoms with E-state index in [4.69, 9.17) is 0 Å². The first-order valence-corrected chi connectivity index (χ1v) is 7.18. The number of nitrogens with one attached hydrogen (secondary N) is 1. The molecule has 0 spiro atoms. The van der Waals surface area contributed by atoms with E-state index in [0.717, 1.165) is 10.2 Å². The van der Waals surface area contributed by atoms with E-state index in [2.05, 4.69) is 31.3 Å². The first-order chi connectivity index (χ1) is 9.50. The van der Waals surface area contributed by atoms with E-state index in [0.29, 0.717) is 13.0 Å². The molecule has 2 rings (SSSR count). The summed E-state index contributed by atoms with van der Waals surface area (Å²) in [7, 11) is 0. The Bertz CT molecular complexity index is 580. The zero-order chi connectivity index (χ0) is 14.6. The summed E-state index contributed by atoms with van der Waals surface area (Å²) in [6.07, 6.45) is 5.93. The number of aromatic nitrogens is 3. The van der Waals surface area contributed by atoms with Gasteiger partial charge in [-0.3, -0.25) is 14.5 Å². The number of pyridine rings is 1. The quantitative estimate of drug-likeness (QED) is 0.909. The average molecular weight is 337 g/mol. The minimum absolute atomic E-state index is 0.0657. The Balaban J connectivity index is 1.91. The first-order valence-electron chi connectivity index (χ1n) is 6.39. The van der Waals surface area contributed by atoms with Gasteiger partial charge < -0.3 is 5.32 Å². The van der Waals surface area contributed by atoms with Crippen molar-refractivity contribution in [2.45, 2.75) is 25.8 Å². The van der Waals surface area contributed by atoms with E-state index in [1.807, 2.05) is 32.0 Å². The molecule has 0 aliphatic rings. The summed E-state index contributed by atoms with van der Waals surface area (Å²) in [5.74, 6) is -0.0657. The highest BCUT2D eigenvalue weighted by atomic mass is 79.9. The number of amides is 1. The minimum atomic E-state index is -0.726. The Kier molecular flexibility index (Phi) is 4.54. The Labute approximate surface area is 126 Å². The highest BCUT2D eigenvalue weighted by molar-refractivity contribution is 9.10. The highest BCUT2D eigenvalue weighted by Crippen LogP contribution is 2.17. The third kappa shape index (κ3) is 3.45. The van der Waals surface area contributed by atoms with Crippen molar-refractivity contribution in [1.82, 2.24) is 20.1 Å². The minimum Gasteiger partial charge on any atom is -0.354 e. The fraction of sp³-hybridized carbons (Fsp3) is 0.357. The highest BCUT2D eigenvalue weighted by Gasteiger charge is 2.30. The normalized spacial score (nSPS) is 11.3. The Morgan fingerprint density at radius 2 is 2.25 bits per heavy atom. The van der Waals surface area contributed by atoms with Crippen molar-refractivity contribution in [2.24, 2.45) is 0 Å². The molecule has 20 heavy (non-hydrogen) atoms. The molecule has 0 unspecified atom stereocenters. The van der Waals surface area contributed by atoms with Crippen LogP contribution < -0.4 is 5.32 Å². The molecule has 5 nitrogen and oxygen atoms in total. The molecule has 106 valence electrons. The van der Waals surface area contributed by atoms with E-state index in [-0.39, 0.29) is 5.91 Å². The maximum Gasteiger partial charge on any atom is 0.247 e. The topological polar surface area (TPSA) is 59.8 Å². The van der Waals surface area contributed by atoms with Crippen LogP contribution in [0.2, 0.25) is 0 Å². The molecule has 0 saturated carbocycles. The molecule has 1 amide bonds. The molecule has 0 aliphatic carbocycles. The maximum atomic E-state index is 12.3. The van der Waals surface area contributed by atoms with Gasteiger partial charge in [-0.05, 0) is 41.9 Å². The van der Waals surface area contributed by atoms with E-state index in [1.165, 1.54) is 0 Å². The van der Waals surface area contributed by atoms with Gasteiger partial charge >= 0.3 is 0 Å². The fourth-order valence-corrected chi connectivity index (χ4v) is 2.06. The van der Waals surface area contributed by atoms with Crippen molar-refractivity contribution in [3.05, 3.63) is 47.0 Å². The number of hydrogen-bond donors (Lipinski definition) is 1. The van der Waals surface area contributed by atoms with Gasteiger partial charge in [-0.1, -0.05) is 6.07 Å². The SMILES string of the molecule is CC(C)(C(=O)NCCc1ccccn1)n1cc(Br)cn1. The number of carbonyl (C=O) groups is 1. The zero-order valence-electron chi connectivity index (χ0n) is 11.5. The summed E-state index contributed by atoms with van der Waals surface area (Å²) < 4.78 is 2.50. The number of hydrogen-bond acceptors (Lipinski definition) is 3. The molecule has 0 fully saturated rings. The summed E-state index contributed by atoms with van der Waals surface area (Å²) in [5.41, 5.74) is 0.239. The van der Waals surface area contributed by atoms with Gasteiger partial charge in [0.1, 0.15) is 5.54 Å². The fourth-order valence-electron chi connectivity index (χ4n) is 1.78. The van der Waals surface area contributed by atoms with Gasteiger partial charge in [0.15, 0.2) is 0 Å². The van der Waals surface area contributed by atoms with Crippen LogP contribution in [0.1, 0.15) is 19.5 Å². The van der Waals surface area contributed by atoms with Crippen molar-refractivity contribution in [2.75, 3.05) is 6.54 Å². The van der Waals surface area contributed by atoms with E-state index >= 15 is 0 Å². The molecule has 2 aromatic rings. The summed E-state index contributed by atoms with van der Waals surface area (Å²) >= 11 is 3.33. The van der Waals surface area contributed by atoms with Crippen LogP contribution in [0.25, 0.3) is 0 Å². The van der Waals surface area contributed by atoms with Crippen LogP contribution in [0.5, 0.6) is 0 Å². The van der Waals surface area contributed by atoms with Crippen LogP contribution in [0, 0.1) is 0 Å². The van der Waals surface area contributed by atoms with Crippen molar-refractivity contribution in [3.8, 4) is 0 Å².